The summed E-state index contributed by atoms with van der Waals surface area (Å²) in [6.45, 7) is 0. The van der Waals surface area contributed by atoms with E-state index < -0.39 is 21.0 Å². The van der Waals surface area contributed by atoms with Gasteiger partial charge in [0, 0.05) is 12.7 Å². The molecule has 104 valence electrons. The van der Waals surface area contributed by atoms with E-state index in [-0.39, 0.29) is 11.5 Å². The maximum absolute atomic E-state index is 12.3. The Labute approximate surface area is 112 Å². The molecule has 6 heteroatoms. The van der Waals surface area contributed by atoms with Crippen LogP contribution >= 0.6 is 0 Å². The van der Waals surface area contributed by atoms with Crippen LogP contribution in [0.5, 0.6) is 5.75 Å². The van der Waals surface area contributed by atoms with Crippen molar-refractivity contribution in [3.63, 3.8) is 0 Å². The fourth-order valence-corrected chi connectivity index (χ4v) is 4.13. The fraction of sp³-hybridized carbons (Fsp3) is 0.462. The summed E-state index contributed by atoms with van der Waals surface area (Å²) in [7, 11) is -1.77. The van der Waals surface area contributed by atoms with Gasteiger partial charge in [-0.15, -0.1) is 0 Å². The molecule has 1 N–H and O–H groups in total. The van der Waals surface area contributed by atoms with E-state index in [9.17, 15) is 18.3 Å². The van der Waals surface area contributed by atoms with Crippen LogP contribution in [0.25, 0.3) is 0 Å². The van der Waals surface area contributed by atoms with Crippen LogP contribution in [0.15, 0.2) is 24.3 Å². The van der Waals surface area contributed by atoms with E-state index in [2.05, 4.69) is 0 Å². The van der Waals surface area contributed by atoms with Crippen molar-refractivity contribution >= 4 is 21.4 Å². The van der Waals surface area contributed by atoms with Crippen molar-refractivity contribution in [3.8, 4) is 5.75 Å². The molecule has 1 saturated heterocycles. The molecule has 0 spiro atoms. The summed E-state index contributed by atoms with van der Waals surface area (Å²) < 4.78 is 23.9. The minimum absolute atomic E-state index is 0.0901. The molecular weight excluding hydrogens is 266 g/mol. The van der Waals surface area contributed by atoms with E-state index >= 15 is 0 Å². The Kier molecular flexibility index (Phi) is 3.80. The van der Waals surface area contributed by atoms with Crippen molar-refractivity contribution in [2.24, 2.45) is 0 Å². The van der Waals surface area contributed by atoms with Gasteiger partial charge in [-0.1, -0.05) is 6.42 Å². The molecule has 0 aliphatic carbocycles. The molecular formula is C13H17NO4S. The average Bonchev–Trinajstić information content (AvgIpc) is 2.37. The normalized spacial score (nSPS) is 21.8. The van der Waals surface area contributed by atoms with Gasteiger partial charge in [0.2, 0.25) is 5.91 Å². The Morgan fingerprint density at radius 3 is 2.47 bits per heavy atom. The van der Waals surface area contributed by atoms with E-state index in [1.54, 1.807) is 19.2 Å². The zero-order chi connectivity index (χ0) is 14.0. The largest absolute Gasteiger partial charge is 0.508 e. The predicted molar refractivity (Wildman–Crippen MR) is 72.9 cm³/mol. The molecule has 1 aliphatic rings. The minimum Gasteiger partial charge on any atom is -0.508 e. The topological polar surface area (TPSA) is 74.7 Å². The quantitative estimate of drug-likeness (QED) is 0.888. The second kappa shape index (κ2) is 5.21. The smallest absolute Gasteiger partial charge is 0.245 e. The first kappa shape index (κ1) is 13.9. The van der Waals surface area contributed by atoms with Gasteiger partial charge in [0.1, 0.15) is 11.0 Å². The number of carbonyl (C=O) groups is 1. The van der Waals surface area contributed by atoms with Crippen LogP contribution in [0.1, 0.15) is 19.3 Å². The number of hydrogen-bond donors (Lipinski definition) is 1. The summed E-state index contributed by atoms with van der Waals surface area (Å²) in [6.07, 6.45) is 1.79. The van der Waals surface area contributed by atoms with Crippen LogP contribution in [-0.2, 0) is 14.6 Å². The van der Waals surface area contributed by atoms with E-state index in [0.717, 1.165) is 6.42 Å². The van der Waals surface area contributed by atoms with Gasteiger partial charge in [0.25, 0.3) is 0 Å². The number of benzene rings is 1. The van der Waals surface area contributed by atoms with Crippen LogP contribution in [0, 0.1) is 0 Å². The standard InChI is InChI=1S/C13H17NO4S/c1-14(10-5-7-11(15)8-6-10)13(16)12-4-2-3-9-19(12,17)18/h5-8,12,15H,2-4,9H2,1H3. The zero-order valence-corrected chi connectivity index (χ0v) is 11.6. The molecule has 1 aliphatic heterocycles. The van der Waals surface area contributed by atoms with Crippen molar-refractivity contribution < 1.29 is 18.3 Å². The highest BCUT2D eigenvalue weighted by Crippen LogP contribution is 2.24. The monoisotopic (exact) mass is 283 g/mol. The number of phenols is 1. The van der Waals surface area contributed by atoms with Crippen LogP contribution in [0.3, 0.4) is 0 Å². The number of hydrogen-bond acceptors (Lipinski definition) is 4. The third-order valence-corrected chi connectivity index (χ3v) is 5.58. The average molecular weight is 283 g/mol. The molecule has 1 atom stereocenters. The van der Waals surface area contributed by atoms with Gasteiger partial charge in [0.15, 0.2) is 9.84 Å². The van der Waals surface area contributed by atoms with Crippen molar-refractivity contribution in [1.29, 1.82) is 0 Å². The number of rotatable bonds is 2. The first-order chi connectivity index (χ1) is 8.92. The van der Waals surface area contributed by atoms with E-state index in [1.165, 1.54) is 17.0 Å². The molecule has 0 radical (unpaired) electrons. The summed E-state index contributed by atoms with van der Waals surface area (Å²) >= 11 is 0. The van der Waals surface area contributed by atoms with Crippen LogP contribution in [0.2, 0.25) is 0 Å². The van der Waals surface area contributed by atoms with E-state index in [4.69, 9.17) is 0 Å². The lowest BCUT2D eigenvalue weighted by atomic mass is 10.1. The molecule has 1 aromatic rings. The van der Waals surface area contributed by atoms with Gasteiger partial charge >= 0.3 is 0 Å². The third kappa shape index (κ3) is 2.89. The van der Waals surface area contributed by atoms with Gasteiger partial charge in [-0.05, 0) is 37.1 Å². The van der Waals surface area contributed by atoms with Crippen molar-refractivity contribution in [2.75, 3.05) is 17.7 Å². The Morgan fingerprint density at radius 1 is 1.26 bits per heavy atom. The second-order valence-electron chi connectivity index (χ2n) is 4.77. The molecule has 0 bridgehead atoms. The lowest BCUT2D eigenvalue weighted by molar-refractivity contribution is -0.118. The van der Waals surface area contributed by atoms with Crippen molar-refractivity contribution in [3.05, 3.63) is 24.3 Å². The molecule has 1 amide bonds. The molecule has 5 nitrogen and oxygen atoms in total. The number of nitrogens with zero attached hydrogens (tertiary/aromatic N) is 1. The third-order valence-electron chi connectivity index (χ3n) is 3.42. The Bertz CT molecular complexity index is 565. The maximum atomic E-state index is 12.3. The van der Waals surface area contributed by atoms with Crippen LogP contribution in [-0.4, -0.2) is 37.5 Å². The van der Waals surface area contributed by atoms with E-state index in [1.807, 2.05) is 0 Å². The molecule has 1 aromatic carbocycles. The minimum atomic E-state index is -3.32. The second-order valence-corrected chi connectivity index (χ2v) is 7.07. The molecule has 19 heavy (non-hydrogen) atoms. The zero-order valence-electron chi connectivity index (χ0n) is 10.7. The molecule has 0 saturated carbocycles. The Morgan fingerprint density at radius 2 is 1.89 bits per heavy atom. The number of anilines is 1. The molecule has 1 unspecified atom stereocenters. The summed E-state index contributed by atoms with van der Waals surface area (Å²) in [4.78, 5) is 13.6. The van der Waals surface area contributed by atoms with Crippen LogP contribution in [0.4, 0.5) is 5.69 Å². The highest BCUT2D eigenvalue weighted by atomic mass is 32.2. The molecule has 2 rings (SSSR count). The summed E-state index contributed by atoms with van der Waals surface area (Å²) in [5.41, 5.74) is 0.573. The highest BCUT2D eigenvalue weighted by molar-refractivity contribution is 7.92. The number of carbonyl (C=O) groups excluding carboxylic acids is 1. The van der Waals surface area contributed by atoms with Gasteiger partial charge in [-0.25, -0.2) is 8.42 Å². The van der Waals surface area contributed by atoms with Gasteiger partial charge in [-0.2, -0.15) is 0 Å². The highest BCUT2D eigenvalue weighted by Gasteiger charge is 2.36. The maximum Gasteiger partial charge on any atom is 0.245 e. The summed E-state index contributed by atoms with van der Waals surface area (Å²) in [5, 5.41) is 8.28. The first-order valence-electron chi connectivity index (χ1n) is 6.20. The molecule has 1 fully saturated rings. The fourth-order valence-electron chi connectivity index (χ4n) is 2.25. The Hall–Kier alpha value is -1.56. The number of phenolic OH excluding ortho intramolecular Hbond substituents is 1. The van der Waals surface area contributed by atoms with Gasteiger partial charge in [-0.3, -0.25) is 4.79 Å². The first-order valence-corrected chi connectivity index (χ1v) is 7.91. The Balaban J connectivity index is 2.21. The van der Waals surface area contributed by atoms with Crippen molar-refractivity contribution in [2.45, 2.75) is 24.5 Å². The number of amides is 1. The molecule has 0 aromatic heterocycles. The lowest BCUT2D eigenvalue weighted by Crippen LogP contribution is -2.43. The molecule has 1 heterocycles. The number of sulfone groups is 1. The lowest BCUT2D eigenvalue weighted by Gasteiger charge is -2.26. The van der Waals surface area contributed by atoms with E-state index in [0.29, 0.717) is 18.5 Å². The SMILES string of the molecule is CN(C(=O)C1CCCCS1(=O)=O)c1ccc(O)cc1. The van der Waals surface area contributed by atoms with Crippen molar-refractivity contribution in [1.82, 2.24) is 0 Å². The predicted octanol–water partition coefficient (Wildman–Crippen LogP) is 1.32. The van der Waals surface area contributed by atoms with Gasteiger partial charge < -0.3 is 10.0 Å². The van der Waals surface area contributed by atoms with Gasteiger partial charge in [0.05, 0.1) is 5.75 Å². The summed E-state index contributed by atoms with van der Waals surface area (Å²) in [5.74, 6) is -0.201. The van der Waals surface area contributed by atoms with Crippen LogP contribution < -0.4 is 4.90 Å². The number of aromatic hydroxyl groups is 1. The summed E-state index contributed by atoms with van der Waals surface area (Å²) in [6, 6.07) is 6.11.